The second-order valence-corrected chi connectivity index (χ2v) is 4.09. The molecule has 0 saturated carbocycles. The highest BCUT2D eigenvalue weighted by Crippen LogP contribution is 2.02. The van der Waals surface area contributed by atoms with Crippen LogP contribution in [-0.2, 0) is 20.7 Å². The largest absolute Gasteiger partial charge is 0.452 e. The molecule has 4 heteroatoms. The molecule has 0 radical (unpaired) electrons. The maximum absolute atomic E-state index is 11.6. The molecule has 0 heterocycles. The third-order valence-electron chi connectivity index (χ3n) is 2.42. The molecule has 0 aliphatic heterocycles. The summed E-state index contributed by atoms with van der Waals surface area (Å²) in [6.07, 6.45) is 0.301. The summed E-state index contributed by atoms with van der Waals surface area (Å²) in [4.78, 5) is 23.1. The number of nitrogens with one attached hydrogen (secondary N) is 1. The van der Waals surface area contributed by atoms with Crippen LogP contribution >= 0.6 is 0 Å². The highest BCUT2D eigenvalue weighted by atomic mass is 16.5. The van der Waals surface area contributed by atoms with Crippen molar-refractivity contribution >= 4 is 11.9 Å². The molecule has 1 atom stereocenters. The van der Waals surface area contributed by atoms with Crippen molar-refractivity contribution < 1.29 is 14.3 Å². The van der Waals surface area contributed by atoms with Gasteiger partial charge in [0, 0.05) is 6.54 Å². The molecule has 98 valence electrons. The lowest BCUT2D eigenvalue weighted by Gasteiger charge is -2.13. The van der Waals surface area contributed by atoms with Gasteiger partial charge in [0.2, 0.25) is 0 Å². The number of rotatable bonds is 6. The van der Waals surface area contributed by atoms with Crippen LogP contribution in [0.3, 0.4) is 0 Å². The van der Waals surface area contributed by atoms with Gasteiger partial charge in [0.1, 0.15) is 0 Å². The Bertz CT molecular complexity index is 389. The maximum Gasteiger partial charge on any atom is 0.311 e. The lowest BCUT2D eigenvalue weighted by molar-refractivity contribution is -0.154. The van der Waals surface area contributed by atoms with Crippen LogP contribution in [0.25, 0.3) is 0 Å². The zero-order valence-electron chi connectivity index (χ0n) is 10.8. The molecule has 1 N–H and O–H groups in total. The molecule has 18 heavy (non-hydrogen) atoms. The number of amides is 1. The minimum Gasteiger partial charge on any atom is -0.452 e. The minimum atomic E-state index is -0.743. The first-order valence-corrected chi connectivity index (χ1v) is 6.14. The monoisotopic (exact) mass is 249 g/mol. The quantitative estimate of drug-likeness (QED) is 0.780. The maximum atomic E-state index is 11.6. The Morgan fingerprint density at radius 1 is 1.28 bits per heavy atom. The average molecular weight is 249 g/mol. The predicted molar refractivity (Wildman–Crippen MR) is 69.0 cm³/mol. The highest BCUT2D eigenvalue weighted by Gasteiger charge is 2.17. The van der Waals surface area contributed by atoms with Gasteiger partial charge in [-0.25, -0.2) is 0 Å². The lowest BCUT2D eigenvalue weighted by Crippen LogP contribution is -2.36. The Morgan fingerprint density at radius 2 is 1.94 bits per heavy atom. The van der Waals surface area contributed by atoms with Gasteiger partial charge in [-0.05, 0) is 18.9 Å². The molecule has 0 aliphatic rings. The number of ether oxygens (including phenoxy) is 1. The first kappa shape index (κ1) is 14.2. The van der Waals surface area contributed by atoms with Crippen LogP contribution in [0.1, 0.15) is 25.8 Å². The highest BCUT2D eigenvalue weighted by molar-refractivity contribution is 5.83. The van der Waals surface area contributed by atoms with Crippen molar-refractivity contribution in [3.63, 3.8) is 0 Å². The van der Waals surface area contributed by atoms with Crippen molar-refractivity contribution in [3.05, 3.63) is 35.9 Å². The summed E-state index contributed by atoms with van der Waals surface area (Å²) in [5.41, 5.74) is 0.878. The third-order valence-corrected chi connectivity index (χ3v) is 2.42. The van der Waals surface area contributed by atoms with E-state index in [1.165, 1.54) is 0 Å². The number of carbonyl (C=O) groups excluding carboxylic acids is 2. The molecule has 0 bridgehead atoms. The summed E-state index contributed by atoms with van der Waals surface area (Å²) >= 11 is 0. The van der Waals surface area contributed by atoms with Crippen molar-refractivity contribution in [2.75, 3.05) is 6.54 Å². The Balaban J connectivity index is 2.38. The second kappa shape index (κ2) is 7.48. The van der Waals surface area contributed by atoms with Crippen LogP contribution in [0.2, 0.25) is 0 Å². The van der Waals surface area contributed by atoms with Gasteiger partial charge in [0.15, 0.2) is 6.10 Å². The van der Waals surface area contributed by atoms with Crippen LogP contribution in [-0.4, -0.2) is 24.5 Å². The number of hydrogen-bond donors (Lipinski definition) is 1. The van der Waals surface area contributed by atoms with E-state index < -0.39 is 6.10 Å². The molecule has 0 spiro atoms. The molecule has 1 amide bonds. The lowest BCUT2D eigenvalue weighted by atomic mass is 10.1. The first-order chi connectivity index (χ1) is 8.63. The number of carbonyl (C=O) groups is 2. The number of hydrogen-bond acceptors (Lipinski definition) is 3. The molecule has 1 unspecified atom stereocenters. The average Bonchev–Trinajstić information content (AvgIpc) is 2.36. The van der Waals surface area contributed by atoms with Crippen LogP contribution < -0.4 is 5.32 Å². The van der Waals surface area contributed by atoms with E-state index >= 15 is 0 Å². The van der Waals surface area contributed by atoms with E-state index in [1.807, 2.05) is 37.3 Å². The van der Waals surface area contributed by atoms with Gasteiger partial charge in [0.05, 0.1) is 6.42 Å². The Labute approximate surface area is 107 Å². The summed E-state index contributed by atoms with van der Waals surface area (Å²) in [5, 5.41) is 2.69. The van der Waals surface area contributed by atoms with Gasteiger partial charge in [-0.3, -0.25) is 9.59 Å². The summed E-state index contributed by atoms with van der Waals surface area (Å²) in [5.74, 6) is -0.640. The number of esters is 1. The smallest absolute Gasteiger partial charge is 0.311 e. The predicted octanol–water partition coefficient (Wildman–Crippen LogP) is 1.69. The van der Waals surface area contributed by atoms with E-state index in [4.69, 9.17) is 4.74 Å². The molecule has 4 nitrogen and oxygen atoms in total. The summed E-state index contributed by atoms with van der Waals surface area (Å²) in [7, 11) is 0. The summed E-state index contributed by atoms with van der Waals surface area (Å²) in [6.45, 7) is 4.14. The van der Waals surface area contributed by atoms with E-state index in [0.29, 0.717) is 6.54 Å². The zero-order valence-corrected chi connectivity index (χ0v) is 10.8. The van der Waals surface area contributed by atoms with Gasteiger partial charge in [-0.2, -0.15) is 0 Å². The third kappa shape index (κ3) is 4.99. The Morgan fingerprint density at radius 3 is 2.56 bits per heavy atom. The fourth-order valence-electron chi connectivity index (χ4n) is 1.45. The van der Waals surface area contributed by atoms with Crippen molar-refractivity contribution in [2.24, 2.45) is 0 Å². The van der Waals surface area contributed by atoms with Crippen molar-refractivity contribution in [1.82, 2.24) is 5.32 Å². The van der Waals surface area contributed by atoms with Crippen molar-refractivity contribution in [3.8, 4) is 0 Å². The minimum absolute atomic E-state index is 0.187. The normalized spacial score (nSPS) is 11.7. The van der Waals surface area contributed by atoms with E-state index in [9.17, 15) is 9.59 Å². The second-order valence-electron chi connectivity index (χ2n) is 4.09. The molecule has 0 fully saturated rings. The fraction of sp³-hybridized carbons (Fsp3) is 0.429. The Hall–Kier alpha value is -1.84. The summed E-state index contributed by atoms with van der Waals surface area (Å²) < 4.78 is 5.06. The molecular formula is C14H19NO3. The molecular weight excluding hydrogens is 230 g/mol. The van der Waals surface area contributed by atoms with Gasteiger partial charge < -0.3 is 10.1 Å². The fourth-order valence-corrected chi connectivity index (χ4v) is 1.45. The van der Waals surface area contributed by atoms with Gasteiger partial charge >= 0.3 is 5.97 Å². The standard InChI is InChI=1S/C14H19NO3/c1-3-9-15-14(17)11(2)18-13(16)10-12-7-5-4-6-8-12/h4-8,11H,3,9-10H2,1-2H3,(H,15,17). The van der Waals surface area contributed by atoms with E-state index in [1.54, 1.807) is 6.92 Å². The Kier molecular flexibility index (Phi) is 5.91. The molecule has 0 saturated heterocycles. The topological polar surface area (TPSA) is 55.4 Å². The molecule has 0 aliphatic carbocycles. The SMILES string of the molecule is CCCNC(=O)C(C)OC(=O)Cc1ccccc1. The van der Waals surface area contributed by atoms with E-state index in [2.05, 4.69) is 5.32 Å². The van der Waals surface area contributed by atoms with Crippen molar-refractivity contribution in [1.29, 1.82) is 0 Å². The van der Waals surface area contributed by atoms with Gasteiger partial charge in [-0.15, -0.1) is 0 Å². The molecule has 1 rings (SSSR count). The molecule has 1 aromatic carbocycles. The van der Waals surface area contributed by atoms with Gasteiger partial charge in [-0.1, -0.05) is 37.3 Å². The van der Waals surface area contributed by atoms with Crippen LogP contribution in [0, 0.1) is 0 Å². The zero-order chi connectivity index (χ0) is 13.4. The van der Waals surface area contributed by atoms with E-state index in [0.717, 1.165) is 12.0 Å². The van der Waals surface area contributed by atoms with Gasteiger partial charge in [0.25, 0.3) is 5.91 Å². The van der Waals surface area contributed by atoms with Crippen LogP contribution in [0.4, 0.5) is 0 Å². The van der Waals surface area contributed by atoms with Crippen LogP contribution in [0.15, 0.2) is 30.3 Å². The molecule has 1 aromatic rings. The molecule has 0 aromatic heterocycles. The van der Waals surface area contributed by atoms with Crippen molar-refractivity contribution in [2.45, 2.75) is 32.8 Å². The number of benzene rings is 1. The first-order valence-electron chi connectivity index (χ1n) is 6.14. The van der Waals surface area contributed by atoms with E-state index in [-0.39, 0.29) is 18.3 Å². The van der Waals surface area contributed by atoms with Crippen LogP contribution in [0.5, 0.6) is 0 Å². The summed E-state index contributed by atoms with van der Waals surface area (Å²) in [6, 6.07) is 9.31.